The van der Waals surface area contributed by atoms with Crippen molar-refractivity contribution in [3.8, 4) is 11.2 Å². The number of fused-ring (bicyclic) bond motifs is 2. The average molecular weight is 505 g/mol. The Labute approximate surface area is 203 Å². The molecule has 0 bridgehead atoms. The number of nitrogens with one attached hydrogen (secondary N) is 2. The summed E-state index contributed by atoms with van der Waals surface area (Å²) in [6, 6.07) is 10.8. The number of benzene rings is 2. The number of thiazole rings is 1. The fraction of sp³-hybridized carbons (Fsp3) is 0.0870. The van der Waals surface area contributed by atoms with Crippen molar-refractivity contribution >= 4 is 38.7 Å². The number of nitriles is 1. The molecule has 0 unspecified atom stereocenters. The molecule has 3 heterocycles. The van der Waals surface area contributed by atoms with Gasteiger partial charge in [0.15, 0.2) is 0 Å². The number of amides is 2. The van der Waals surface area contributed by atoms with Crippen LogP contribution in [0.3, 0.4) is 0 Å². The van der Waals surface area contributed by atoms with Gasteiger partial charge in [0.2, 0.25) is 15.0 Å². The molecule has 2 aromatic carbocycles. The molecule has 0 radical (unpaired) electrons. The van der Waals surface area contributed by atoms with Gasteiger partial charge in [-0.15, -0.1) is 0 Å². The van der Waals surface area contributed by atoms with E-state index in [0.29, 0.717) is 16.3 Å². The van der Waals surface area contributed by atoms with Crippen LogP contribution in [0.5, 0.6) is 0 Å². The number of nitrogens with zero attached hydrogens (tertiary/aromatic N) is 4. The number of anilines is 1. The van der Waals surface area contributed by atoms with E-state index in [1.807, 2.05) is 6.07 Å². The Hall–Kier alpha value is -4.34. The summed E-state index contributed by atoms with van der Waals surface area (Å²) in [6.07, 6.45) is 4.59. The smallest absolute Gasteiger partial charge is 0.257 e. The Morgan fingerprint density at radius 3 is 2.77 bits per heavy atom. The van der Waals surface area contributed by atoms with Crippen LogP contribution in [0.4, 0.5) is 5.69 Å². The van der Waals surface area contributed by atoms with Crippen LogP contribution in [0, 0.1) is 18.3 Å². The van der Waals surface area contributed by atoms with E-state index in [0.717, 1.165) is 4.88 Å². The van der Waals surface area contributed by atoms with Crippen LogP contribution in [0.25, 0.3) is 5.13 Å². The molecule has 1 aliphatic rings. The van der Waals surface area contributed by atoms with E-state index < -0.39 is 21.7 Å². The number of rotatable bonds is 4. The van der Waals surface area contributed by atoms with Crippen LogP contribution >= 0.6 is 11.3 Å². The average Bonchev–Trinajstić information content (AvgIpc) is 3.51. The van der Waals surface area contributed by atoms with Gasteiger partial charge in [0.05, 0.1) is 45.5 Å². The summed E-state index contributed by atoms with van der Waals surface area (Å²) in [5, 5.41) is 19.0. The fourth-order valence-electron chi connectivity index (χ4n) is 3.73. The largest absolute Gasteiger partial charge is 0.347 e. The number of hydrogen-bond donors (Lipinski definition) is 2. The van der Waals surface area contributed by atoms with Crippen molar-refractivity contribution in [2.24, 2.45) is 0 Å². The Bertz CT molecular complexity index is 1660. The van der Waals surface area contributed by atoms with Gasteiger partial charge in [-0.25, -0.2) is 18.1 Å². The Morgan fingerprint density at radius 2 is 2.00 bits per heavy atom. The van der Waals surface area contributed by atoms with Gasteiger partial charge in [0, 0.05) is 16.6 Å². The van der Waals surface area contributed by atoms with Crippen LogP contribution in [-0.2, 0) is 16.4 Å². The zero-order valence-electron chi connectivity index (χ0n) is 18.1. The van der Waals surface area contributed by atoms with Gasteiger partial charge >= 0.3 is 0 Å². The molecular weight excluding hydrogens is 488 g/mol. The molecule has 0 spiro atoms. The van der Waals surface area contributed by atoms with E-state index in [-0.39, 0.29) is 33.2 Å². The van der Waals surface area contributed by atoms with Gasteiger partial charge in [0.1, 0.15) is 6.07 Å². The summed E-state index contributed by atoms with van der Waals surface area (Å²) in [6.45, 7) is 1.77. The molecule has 2 N–H and O–H groups in total. The molecule has 1 aliphatic heterocycles. The normalized spacial score (nSPS) is 13.7. The van der Waals surface area contributed by atoms with Crippen molar-refractivity contribution in [3.63, 3.8) is 0 Å². The third kappa shape index (κ3) is 3.86. The minimum Gasteiger partial charge on any atom is -0.347 e. The summed E-state index contributed by atoms with van der Waals surface area (Å²) < 4.78 is 27.9. The molecule has 2 amide bonds. The molecule has 35 heavy (non-hydrogen) atoms. The van der Waals surface area contributed by atoms with Gasteiger partial charge in [-0.2, -0.15) is 10.4 Å². The zero-order chi connectivity index (χ0) is 24.7. The number of carbonyl (C=O) groups excluding carboxylic acids is 2. The van der Waals surface area contributed by atoms with E-state index in [4.69, 9.17) is 5.26 Å². The van der Waals surface area contributed by atoms with Gasteiger partial charge < -0.3 is 10.6 Å². The first-order valence-electron chi connectivity index (χ1n) is 10.3. The molecule has 0 saturated heterocycles. The lowest BCUT2D eigenvalue weighted by Gasteiger charge is -2.14. The maximum absolute atomic E-state index is 13.2. The van der Waals surface area contributed by atoms with E-state index in [1.165, 1.54) is 46.5 Å². The van der Waals surface area contributed by atoms with Crippen molar-refractivity contribution in [1.29, 1.82) is 5.26 Å². The van der Waals surface area contributed by atoms with Crippen LogP contribution < -0.4 is 10.6 Å². The second-order valence-electron chi connectivity index (χ2n) is 7.64. The third-order valence-corrected chi connectivity index (χ3v) is 8.33. The molecule has 0 saturated carbocycles. The molecule has 0 aliphatic carbocycles. The molecule has 12 heteroatoms. The summed E-state index contributed by atoms with van der Waals surface area (Å²) in [4.78, 5) is 30.6. The standard InChI is InChI=1S/C23H16N6O4S2/c1-13-16(21(30)25-10-15-11-26-23(34-15)29-12-14(8-24)9-27-29)6-7-19-20(13)28-22(31)17-4-2-3-5-18(17)35(19,32)33/h2-7,9,11-12H,10H2,1H3,(H,25,30)(H,28,31). The van der Waals surface area contributed by atoms with Gasteiger partial charge in [-0.1, -0.05) is 23.5 Å². The quantitative estimate of drug-likeness (QED) is 0.434. The highest BCUT2D eigenvalue weighted by atomic mass is 32.2. The highest BCUT2D eigenvalue weighted by molar-refractivity contribution is 7.91. The minimum atomic E-state index is -3.96. The van der Waals surface area contributed by atoms with Gasteiger partial charge in [0.25, 0.3) is 11.8 Å². The molecule has 0 atom stereocenters. The number of sulfone groups is 1. The SMILES string of the molecule is Cc1c(C(=O)NCc2cnc(-n3cc(C#N)cn3)s2)ccc2c1NC(=O)c1ccccc1S2(=O)=O. The molecule has 0 fully saturated rings. The molecule has 2 aromatic heterocycles. The van der Waals surface area contributed by atoms with Crippen LogP contribution in [0.15, 0.2) is 64.8 Å². The molecule has 4 aromatic rings. The Kier molecular flexibility index (Phi) is 5.43. The van der Waals surface area contributed by atoms with Gasteiger partial charge in [-0.3, -0.25) is 9.59 Å². The van der Waals surface area contributed by atoms with Crippen molar-refractivity contribution in [1.82, 2.24) is 20.1 Å². The van der Waals surface area contributed by atoms with E-state index in [1.54, 1.807) is 31.5 Å². The van der Waals surface area contributed by atoms with Crippen molar-refractivity contribution < 1.29 is 18.0 Å². The molecule has 5 rings (SSSR count). The predicted octanol–water partition coefficient (Wildman–Crippen LogP) is 2.84. The van der Waals surface area contributed by atoms with Crippen molar-refractivity contribution in [2.45, 2.75) is 23.3 Å². The molecular formula is C23H16N6O4S2. The summed E-state index contributed by atoms with van der Waals surface area (Å²) in [5.41, 5.74) is 1.13. The Balaban J connectivity index is 1.40. The molecule has 10 nitrogen and oxygen atoms in total. The van der Waals surface area contributed by atoms with Crippen LogP contribution in [-0.4, -0.2) is 35.0 Å². The highest BCUT2D eigenvalue weighted by Gasteiger charge is 2.33. The van der Waals surface area contributed by atoms with Crippen LogP contribution in [0.2, 0.25) is 0 Å². The first-order chi connectivity index (χ1) is 16.8. The predicted molar refractivity (Wildman–Crippen MR) is 126 cm³/mol. The number of hydrogen-bond acceptors (Lipinski definition) is 8. The topological polar surface area (TPSA) is 147 Å². The zero-order valence-corrected chi connectivity index (χ0v) is 19.8. The van der Waals surface area contributed by atoms with E-state index in [2.05, 4.69) is 20.7 Å². The summed E-state index contributed by atoms with van der Waals surface area (Å²) >= 11 is 1.30. The lowest BCUT2D eigenvalue weighted by Crippen LogP contribution is -2.24. The first kappa shape index (κ1) is 22.5. The maximum Gasteiger partial charge on any atom is 0.257 e. The number of carbonyl (C=O) groups is 2. The summed E-state index contributed by atoms with van der Waals surface area (Å²) in [7, 11) is -3.96. The number of aromatic nitrogens is 3. The first-order valence-corrected chi connectivity index (χ1v) is 12.6. The monoisotopic (exact) mass is 504 g/mol. The minimum absolute atomic E-state index is 0.0502. The second-order valence-corrected chi connectivity index (χ2v) is 10.6. The van der Waals surface area contributed by atoms with Crippen molar-refractivity contribution in [2.75, 3.05) is 5.32 Å². The maximum atomic E-state index is 13.2. The van der Waals surface area contributed by atoms with Gasteiger partial charge in [-0.05, 0) is 36.8 Å². The lowest BCUT2D eigenvalue weighted by molar-refractivity contribution is 0.0949. The second kappa shape index (κ2) is 8.46. The molecule has 174 valence electrons. The van der Waals surface area contributed by atoms with E-state index in [9.17, 15) is 18.0 Å². The van der Waals surface area contributed by atoms with E-state index >= 15 is 0 Å². The Morgan fingerprint density at radius 1 is 1.20 bits per heavy atom. The highest BCUT2D eigenvalue weighted by Crippen LogP contribution is 2.36. The van der Waals surface area contributed by atoms with Crippen LogP contribution in [0.1, 0.15) is 36.7 Å². The lowest BCUT2D eigenvalue weighted by atomic mass is 10.1. The summed E-state index contributed by atoms with van der Waals surface area (Å²) in [5.74, 6) is -0.988. The third-order valence-electron chi connectivity index (χ3n) is 5.49. The fourth-order valence-corrected chi connectivity index (χ4v) is 6.18. The van der Waals surface area contributed by atoms with Crippen molar-refractivity contribution in [3.05, 3.63) is 82.1 Å².